The SMILES string of the molecule is CCOC1=CC(=O)N(C)C=CC1(C)C. The van der Waals surface area contributed by atoms with E-state index in [1.165, 1.54) is 0 Å². The monoisotopic (exact) mass is 195 g/mol. The Kier molecular flexibility index (Phi) is 2.99. The van der Waals surface area contributed by atoms with E-state index in [9.17, 15) is 4.79 Å². The lowest BCUT2D eigenvalue weighted by Gasteiger charge is -2.22. The number of hydrogen-bond acceptors (Lipinski definition) is 2. The van der Waals surface area contributed by atoms with E-state index >= 15 is 0 Å². The second-order valence-electron chi connectivity index (χ2n) is 3.93. The van der Waals surface area contributed by atoms with Crippen LogP contribution in [0.5, 0.6) is 0 Å². The van der Waals surface area contributed by atoms with Crippen LogP contribution in [0.15, 0.2) is 24.1 Å². The van der Waals surface area contributed by atoms with Crippen LogP contribution >= 0.6 is 0 Å². The highest BCUT2D eigenvalue weighted by molar-refractivity contribution is 5.89. The first-order valence-electron chi connectivity index (χ1n) is 4.78. The highest BCUT2D eigenvalue weighted by Crippen LogP contribution is 2.30. The van der Waals surface area contributed by atoms with Gasteiger partial charge in [0.05, 0.1) is 6.61 Å². The summed E-state index contributed by atoms with van der Waals surface area (Å²) in [5, 5.41) is 0. The average Bonchev–Trinajstić information content (AvgIpc) is 2.20. The zero-order valence-corrected chi connectivity index (χ0v) is 9.20. The van der Waals surface area contributed by atoms with Crippen molar-refractivity contribution in [1.29, 1.82) is 0 Å². The molecule has 78 valence electrons. The van der Waals surface area contributed by atoms with E-state index in [2.05, 4.69) is 0 Å². The molecule has 0 aromatic carbocycles. The second kappa shape index (κ2) is 3.86. The zero-order valence-electron chi connectivity index (χ0n) is 9.20. The van der Waals surface area contributed by atoms with Crippen molar-refractivity contribution >= 4 is 5.91 Å². The predicted molar refractivity (Wildman–Crippen MR) is 55.4 cm³/mol. The van der Waals surface area contributed by atoms with Gasteiger partial charge in [0.2, 0.25) is 0 Å². The standard InChI is InChI=1S/C11H17NO2/c1-5-14-9-8-10(13)12(4)7-6-11(9,2)3/h6-8H,5H2,1-4H3. The first kappa shape index (κ1) is 10.8. The second-order valence-corrected chi connectivity index (χ2v) is 3.93. The molecular formula is C11H17NO2. The summed E-state index contributed by atoms with van der Waals surface area (Å²) in [6, 6.07) is 0. The molecule has 1 amide bonds. The summed E-state index contributed by atoms with van der Waals surface area (Å²) in [6.07, 6.45) is 5.31. The minimum absolute atomic E-state index is 0.0460. The van der Waals surface area contributed by atoms with E-state index in [4.69, 9.17) is 4.74 Å². The summed E-state index contributed by atoms with van der Waals surface area (Å²) in [5.41, 5.74) is -0.212. The van der Waals surface area contributed by atoms with Gasteiger partial charge in [-0.1, -0.05) is 6.08 Å². The number of allylic oxidation sites excluding steroid dienone is 1. The zero-order chi connectivity index (χ0) is 10.8. The lowest BCUT2D eigenvalue weighted by atomic mass is 9.91. The van der Waals surface area contributed by atoms with Gasteiger partial charge < -0.3 is 9.64 Å². The van der Waals surface area contributed by atoms with Crippen LogP contribution in [0.25, 0.3) is 0 Å². The van der Waals surface area contributed by atoms with Gasteiger partial charge in [-0.05, 0) is 20.8 Å². The van der Waals surface area contributed by atoms with Gasteiger partial charge in [0.1, 0.15) is 5.76 Å². The molecule has 0 saturated carbocycles. The van der Waals surface area contributed by atoms with E-state index in [0.717, 1.165) is 5.76 Å². The van der Waals surface area contributed by atoms with Crippen LogP contribution in [0.4, 0.5) is 0 Å². The van der Waals surface area contributed by atoms with Gasteiger partial charge in [-0.3, -0.25) is 4.79 Å². The Morgan fingerprint density at radius 2 is 2.14 bits per heavy atom. The lowest BCUT2D eigenvalue weighted by Crippen LogP contribution is -2.18. The summed E-state index contributed by atoms with van der Waals surface area (Å²) in [7, 11) is 1.74. The van der Waals surface area contributed by atoms with Gasteiger partial charge in [0.15, 0.2) is 0 Å². The van der Waals surface area contributed by atoms with E-state index in [1.54, 1.807) is 24.2 Å². The van der Waals surface area contributed by atoms with Crippen molar-refractivity contribution in [2.75, 3.05) is 13.7 Å². The molecular weight excluding hydrogens is 178 g/mol. The minimum Gasteiger partial charge on any atom is -0.497 e. The molecule has 1 aliphatic rings. The fourth-order valence-corrected chi connectivity index (χ4v) is 1.24. The van der Waals surface area contributed by atoms with Crippen molar-refractivity contribution in [3.05, 3.63) is 24.1 Å². The number of hydrogen-bond donors (Lipinski definition) is 0. The fourth-order valence-electron chi connectivity index (χ4n) is 1.24. The third kappa shape index (κ3) is 2.16. The summed E-state index contributed by atoms with van der Waals surface area (Å²) in [5.74, 6) is 0.681. The van der Waals surface area contributed by atoms with Crippen LogP contribution in [-0.2, 0) is 9.53 Å². The summed E-state index contributed by atoms with van der Waals surface area (Å²) >= 11 is 0. The van der Waals surface area contributed by atoms with E-state index < -0.39 is 0 Å². The normalized spacial score (nSPS) is 20.4. The molecule has 1 rings (SSSR count). The van der Waals surface area contributed by atoms with Gasteiger partial charge in [-0.2, -0.15) is 0 Å². The molecule has 0 saturated heterocycles. The number of ether oxygens (including phenoxy) is 1. The molecule has 0 N–H and O–H groups in total. The number of carbonyl (C=O) groups excluding carboxylic acids is 1. The maximum Gasteiger partial charge on any atom is 0.253 e. The summed E-state index contributed by atoms with van der Waals surface area (Å²) < 4.78 is 5.46. The minimum atomic E-state index is -0.212. The predicted octanol–water partition coefficient (Wildman–Crippen LogP) is 1.92. The maximum atomic E-state index is 11.5. The molecule has 14 heavy (non-hydrogen) atoms. The highest BCUT2D eigenvalue weighted by Gasteiger charge is 2.26. The molecule has 0 aromatic heterocycles. The van der Waals surface area contributed by atoms with Crippen molar-refractivity contribution < 1.29 is 9.53 Å². The van der Waals surface area contributed by atoms with Gasteiger partial charge in [-0.25, -0.2) is 0 Å². The van der Waals surface area contributed by atoms with Gasteiger partial charge in [-0.15, -0.1) is 0 Å². The Bertz CT molecular complexity index is 290. The first-order valence-corrected chi connectivity index (χ1v) is 4.78. The molecule has 1 aliphatic heterocycles. The third-order valence-electron chi connectivity index (χ3n) is 2.25. The van der Waals surface area contributed by atoms with Crippen LogP contribution < -0.4 is 0 Å². The van der Waals surface area contributed by atoms with Gasteiger partial charge in [0, 0.05) is 24.7 Å². The molecule has 0 spiro atoms. The van der Waals surface area contributed by atoms with Crippen LogP contribution in [0.2, 0.25) is 0 Å². The molecule has 0 atom stereocenters. The maximum absolute atomic E-state index is 11.5. The molecule has 1 heterocycles. The number of carbonyl (C=O) groups is 1. The Morgan fingerprint density at radius 1 is 1.50 bits per heavy atom. The summed E-state index contributed by atoms with van der Waals surface area (Å²) in [4.78, 5) is 13.1. The Hall–Kier alpha value is -1.25. The van der Waals surface area contributed by atoms with Crippen LogP contribution in [0, 0.1) is 5.41 Å². The molecule has 3 nitrogen and oxygen atoms in total. The fraction of sp³-hybridized carbons (Fsp3) is 0.545. The molecule has 3 heteroatoms. The topological polar surface area (TPSA) is 29.5 Å². The lowest BCUT2D eigenvalue weighted by molar-refractivity contribution is -0.122. The van der Waals surface area contributed by atoms with Crippen LogP contribution in [-0.4, -0.2) is 24.5 Å². The molecule has 0 fully saturated rings. The number of likely N-dealkylation sites (N-methyl/N-ethyl adjacent to an activating group) is 1. The molecule has 0 unspecified atom stereocenters. The Labute approximate surface area is 85.0 Å². The quantitative estimate of drug-likeness (QED) is 0.673. The number of rotatable bonds is 2. The number of amides is 1. The molecule has 0 radical (unpaired) electrons. The smallest absolute Gasteiger partial charge is 0.253 e. The van der Waals surface area contributed by atoms with Crippen molar-refractivity contribution in [3.63, 3.8) is 0 Å². The van der Waals surface area contributed by atoms with Crippen molar-refractivity contribution in [2.45, 2.75) is 20.8 Å². The van der Waals surface area contributed by atoms with E-state index in [0.29, 0.717) is 6.61 Å². The largest absolute Gasteiger partial charge is 0.497 e. The Morgan fingerprint density at radius 3 is 2.71 bits per heavy atom. The number of nitrogens with zero attached hydrogens (tertiary/aromatic N) is 1. The third-order valence-corrected chi connectivity index (χ3v) is 2.25. The molecule has 0 bridgehead atoms. The van der Waals surface area contributed by atoms with Crippen LogP contribution in [0.1, 0.15) is 20.8 Å². The first-order chi connectivity index (χ1) is 6.47. The van der Waals surface area contributed by atoms with Crippen molar-refractivity contribution in [3.8, 4) is 0 Å². The van der Waals surface area contributed by atoms with Crippen molar-refractivity contribution in [1.82, 2.24) is 4.90 Å². The Balaban J connectivity index is 3.03. The van der Waals surface area contributed by atoms with Crippen LogP contribution in [0.3, 0.4) is 0 Å². The summed E-state index contributed by atoms with van der Waals surface area (Å²) in [6.45, 7) is 6.55. The highest BCUT2D eigenvalue weighted by atomic mass is 16.5. The van der Waals surface area contributed by atoms with Gasteiger partial charge >= 0.3 is 0 Å². The molecule has 0 aromatic rings. The molecule has 0 aliphatic carbocycles. The van der Waals surface area contributed by atoms with E-state index in [-0.39, 0.29) is 11.3 Å². The van der Waals surface area contributed by atoms with E-state index in [1.807, 2.05) is 26.8 Å². The van der Waals surface area contributed by atoms with Gasteiger partial charge in [0.25, 0.3) is 5.91 Å². The van der Waals surface area contributed by atoms with Crippen molar-refractivity contribution in [2.24, 2.45) is 5.41 Å². The average molecular weight is 195 g/mol.